The largest absolute Gasteiger partial charge is 0.265 e. The molecule has 0 aliphatic rings. The van der Waals surface area contributed by atoms with Gasteiger partial charge >= 0.3 is 0 Å². The van der Waals surface area contributed by atoms with Gasteiger partial charge in [-0.1, -0.05) is 32.9 Å². The first-order valence-electron chi connectivity index (χ1n) is 5.54. The lowest BCUT2D eigenvalue weighted by Crippen LogP contribution is -2.00. The van der Waals surface area contributed by atoms with Crippen LogP contribution < -0.4 is 0 Å². The molecule has 15 heavy (non-hydrogen) atoms. The Morgan fingerprint density at radius 3 is 2.33 bits per heavy atom. The number of hydrogen-bond donors (Lipinski definition) is 0. The summed E-state index contributed by atoms with van der Waals surface area (Å²) in [7, 11) is -0.685. The van der Waals surface area contributed by atoms with Gasteiger partial charge < -0.3 is 0 Å². The van der Waals surface area contributed by atoms with Crippen LogP contribution in [0.25, 0.3) is 0 Å². The molecule has 0 atom stereocenters. The molecule has 0 aromatic rings. The second-order valence-corrected chi connectivity index (χ2v) is 8.30. The predicted molar refractivity (Wildman–Crippen MR) is 76.3 cm³/mol. The van der Waals surface area contributed by atoms with E-state index in [0.717, 1.165) is 12.8 Å². The molecule has 0 spiro atoms. The van der Waals surface area contributed by atoms with E-state index in [-0.39, 0.29) is 0 Å². The molecule has 0 radical (unpaired) electrons. The van der Waals surface area contributed by atoms with Gasteiger partial charge in [-0.3, -0.25) is 4.99 Å². The zero-order valence-electron chi connectivity index (χ0n) is 10.8. The van der Waals surface area contributed by atoms with Crippen LogP contribution in [0, 0.1) is 0 Å². The second kappa shape index (κ2) is 6.89. The Morgan fingerprint density at radius 1 is 1.33 bits per heavy atom. The van der Waals surface area contributed by atoms with E-state index in [1.807, 2.05) is 12.3 Å². The molecule has 0 amide bonds. The van der Waals surface area contributed by atoms with Gasteiger partial charge in [-0.2, -0.15) is 0 Å². The van der Waals surface area contributed by atoms with E-state index < -0.39 is 10.0 Å². The maximum atomic E-state index is 4.50. The molecular formula is C13H25NS. The molecule has 0 bridgehead atoms. The number of hydrogen-bond acceptors (Lipinski definition) is 1. The van der Waals surface area contributed by atoms with Crippen molar-refractivity contribution in [2.75, 3.05) is 18.3 Å². The van der Waals surface area contributed by atoms with Crippen LogP contribution in [-0.2, 0) is 0 Å². The van der Waals surface area contributed by atoms with E-state index in [1.165, 1.54) is 16.4 Å². The Labute approximate surface area is 96.7 Å². The molecule has 0 aromatic carbocycles. The third-order valence-electron chi connectivity index (χ3n) is 2.58. The van der Waals surface area contributed by atoms with Crippen LogP contribution in [0.4, 0.5) is 0 Å². The van der Waals surface area contributed by atoms with Gasteiger partial charge in [0.1, 0.15) is 0 Å². The molecule has 0 heterocycles. The van der Waals surface area contributed by atoms with Gasteiger partial charge in [-0.25, -0.2) is 10.0 Å². The molecule has 88 valence electrons. The fourth-order valence-corrected chi connectivity index (χ4v) is 2.31. The van der Waals surface area contributed by atoms with Gasteiger partial charge in [-0.05, 0) is 31.6 Å². The summed E-state index contributed by atoms with van der Waals surface area (Å²) in [5.41, 5.74) is 1.21. The van der Waals surface area contributed by atoms with E-state index in [9.17, 15) is 0 Å². The van der Waals surface area contributed by atoms with Crippen molar-refractivity contribution in [3.05, 3.63) is 23.8 Å². The van der Waals surface area contributed by atoms with E-state index in [2.05, 4.69) is 44.9 Å². The highest BCUT2D eigenvalue weighted by Gasteiger charge is 2.11. The maximum absolute atomic E-state index is 4.50. The Kier molecular flexibility index (Phi) is 6.66. The highest BCUT2D eigenvalue weighted by molar-refractivity contribution is 8.35. The number of allylic oxidation sites excluding steroid dienone is 1. The van der Waals surface area contributed by atoms with E-state index in [4.69, 9.17) is 0 Å². The Morgan fingerprint density at radius 2 is 1.93 bits per heavy atom. The molecule has 0 fully saturated rings. The molecule has 0 rings (SSSR count). The SMILES string of the molecule is C=C/C(=C\N=C(C)CCC)S(C)(C)CC. The average Bonchev–Trinajstić information content (AvgIpc) is 2.19. The summed E-state index contributed by atoms with van der Waals surface area (Å²) in [5.74, 6) is 1.19. The smallest absolute Gasteiger partial charge is 0.0387 e. The summed E-state index contributed by atoms with van der Waals surface area (Å²) in [5, 5.41) is 0. The summed E-state index contributed by atoms with van der Waals surface area (Å²) < 4.78 is 0. The minimum atomic E-state index is -0.685. The highest BCUT2D eigenvalue weighted by Crippen LogP contribution is 2.48. The highest BCUT2D eigenvalue weighted by atomic mass is 32.3. The van der Waals surface area contributed by atoms with Gasteiger partial charge in [0, 0.05) is 16.8 Å². The molecule has 0 saturated heterocycles. The van der Waals surface area contributed by atoms with E-state index >= 15 is 0 Å². The number of rotatable bonds is 6. The summed E-state index contributed by atoms with van der Waals surface area (Å²) in [6, 6.07) is 0. The van der Waals surface area contributed by atoms with E-state index in [0.29, 0.717) is 0 Å². The second-order valence-electron chi connectivity index (χ2n) is 4.18. The quantitative estimate of drug-likeness (QED) is 0.472. The molecule has 2 heteroatoms. The lowest BCUT2D eigenvalue weighted by molar-refractivity contribution is 0.987. The van der Waals surface area contributed by atoms with Crippen LogP contribution in [-0.4, -0.2) is 24.0 Å². The molecular weight excluding hydrogens is 202 g/mol. The minimum absolute atomic E-state index is 0.685. The van der Waals surface area contributed by atoms with Gasteiger partial charge in [-0.15, -0.1) is 0 Å². The van der Waals surface area contributed by atoms with Crippen molar-refractivity contribution in [2.45, 2.75) is 33.6 Å². The normalized spacial score (nSPS) is 15.3. The third-order valence-corrected chi connectivity index (χ3v) is 5.58. The molecule has 0 saturated carbocycles. The van der Waals surface area contributed by atoms with Gasteiger partial charge in [0.2, 0.25) is 0 Å². The fraction of sp³-hybridized carbons (Fsp3) is 0.615. The van der Waals surface area contributed by atoms with Crippen molar-refractivity contribution >= 4 is 15.7 Å². The fourth-order valence-electron chi connectivity index (χ4n) is 1.19. The summed E-state index contributed by atoms with van der Waals surface area (Å²) in [6.45, 7) is 10.4. The topological polar surface area (TPSA) is 12.4 Å². The van der Waals surface area contributed by atoms with Crippen LogP contribution in [0.15, 0.2) is 28.8 Å². The van der Waals surface area contributed by atoms with E-state index in [1.54, 1.807) is 0 Å². The summed E-state index contributed by atoms with van der Waals surface area (Å²) in [4.78, 5) is 5.81. The van der Waals surface area contributed by atoms with Gasteiger partial charge in [0.25, 0.3) is 0 Å². The van der Waals surface area contributed by atoms with Crippen molar-refractivity contribution in [1.29, 1.82) is 0 Å². The Balaban J connectivity index is 4.75. The Hall–Kier alpha value is -0.500. The van der Waals surface area contributed by atoms with Crippen molar-refractivity contribution in [3.8, 4) is 0 Å². The molecule has 0 aromatic heterocycles. The first kappa shape index (κ1) is 14.5. The van der Waals surface area contributed by atoms with Gasteiger partial charge in [0.05, 0.1) is 0 Å². The lowest BCUT2D eigenvalue weighted by atomic mass is 10.2. The van der Waals surface area contributed by atoms with Crippen LogP contribution in [0.3, 0.4) is 0 Å². The monoisotopic (exact) mass is 227 g/mol. The van der Waals surface area contributed by atoms with Crippen molar-refractivity contribution < 1.29 is 0 Å². The zero-order chi connectivity index (χ0) is 11.9. The molecule has 0 N–H and O–H groups in total. The number of nitrogens with zero attached hydrogens (tertiary/aromatic N) is 1. The van der Waals surface area contributed by atoms with Crippen molar-refractivity contribution in [2.24, 2.45) is 4.99 Å². The molecule has 0 unspecified atom stereocenters. The first-order chi connectivity index (χ1) is 6.97. The van der Waals surface area contributed by atoms with Crippen molar-refractivity contribution in [1.82, 2.24) is 0 Å². The van der Waals surface area contributed by atoms with Gasteiger partial charge in [0.15, 0.2) is 0 Å². The van der Waals surface area contributed by atoms with Crippen LogP contribution in [0.1, 0.15) is 33.6 Å². The maximum Gasteiger partial charge on any atom is 0.0387 e. The standard InChI is InChI=1S/C13H25NS/c1-7-10-12(4)14-11-13(8-2)15(5,6)9-3/h8,11H,2,7,9-10H2,1,3-6H3/b13-11+,14-12?. The van der Waals surface area contributed by atoms with Crippen molar-refractivity contribution in [3.63, 3.8) is 0 Å². The van der Waals surface area contributed by atoms with Crippen LogP contribution >= 0.6 is 10.0 Å². The lowest BCUT2D eigenvalue weighted by Gasteiger charge is -2.30. The summed E-state index contributed by atoms with van der Waals surface area (Å²) >= 11 is 0. The molecule has 0 aliphatic carbocycles. The first-order valence-corrected chi connectivity index (χ1v) is 8.16. The third kappa shape index (κ3) is 5.22. The summed E-state index contributed by atoms with van der Waals surface area (Å²) in [6.07, 6.45) is 10.8. The predicted octanol–water partition coefficient (Wildman–Crippen LogP) is 4.36. The molecule has 1 nitrogen and oxygen atoms in total. The minimum Gasteiger partial charge on any atom is -0.265 e. The van der Waals surface area contributed by atoms with Crippen LogP contribution in [0.5, 0.6) is 0 Å². The Bertz CT molecular complexity index is 262. The zero-order valence-corrected chi connectivity index (χ0v) is 11.7. The average molecular weight is 227 g/mol. The molecule has 0 aliphatic heterocycles. The van der Waals surface area contributed by atoms with Crippen LogP contribution in [0.2, 0.25) is 0 Å². The number of aliphatic imine (C=N–C) groups is 1.